The van der Waals surface area contributed by atoms with Gasteiger partial charge in [0.15, 0.2) is 17.1 Å². The van der Waals surface area contributed by atoms with Crippen molar-refractivity contribution in [3.63, 3.8) is 0 Å². The molecule has 0 saturated heterocycles. The van der Waals surface area contributed by atoms with Gasteiger partial charge in [0.25, 0.3) is 0 Å². The van der Waals surface area contributed by atoms with Gasteiger partial charge in [-0.1, -0.05) is 6.07 Å². The highest BCUT2D eigenvalue weighted by Crippen LogP contribution is 2.31. The van der Waals surface area contributed by atoms with E-state index in [9.17, 15) is 0 Å². The van der Waals surface area contributed by atoms with E-state index in [1.54, 1.807) is 24.1 Å². The van der Waals surface area contributed by atoms with Gasteiger partial charge in [0.1, 0.15) is 17.9 Å². The molecule has 1 aromatic carbocycles. The fraction of sp³-hybridized carbons (Fsp3) is 0.182. The summed E-state index contributed by atoms with van der Waals surface area (Å²) < 4.78 is 9.08. The Morgan fingerprint density at radius 3 is 2.45 bits per heavy atom. The van der Waals surface area contributed by atoms with Gasteiger partial charge in [-0.3, -0.25) is 4.57 Å². The number of ether oxygens (including phenoxy) is 1. The van der Waals surface area contributed by atoms with Gasteiger partial charge in [-0.15, -0.1) is 5.10 Å². The topological polar surface area (TPSA) is 70.1 Å². The van der Waals surface area contributed by atoms with Gasteiger partial charge in [0.05, 0.1) is 12.5 Å². The number of rotatable bonds is 3. The maximum atomic E-state index is 5.24. The molecule has 7 nitrogen and oxygen atoms in total. The molecule has 0 aliphatic carbocycles. The van der Waals surface area contributed by atoms with Crippen LogP contribution in [0.1, 0.15) is 16.8 Å². The molecule has 7 heteroatoms. The fourth-order valence-electron chi connectivity index (χ4n) is 3.69. The number of methoxy groups -OCH3 is 1. The summed E-state index contributed by atoms with van der Waals surface area (Å²) in [5.41, 5.74) is 5.86. The van der Waals surface area contributed by atoms with Crippen molar-refractivity contribution in [3.05, 3.63) is 65.7 Å². The van der Waals surface area contributed by atoms with E-state index >= 15 is 0 Å². The minimum atomic E-state index is 0.653. The van der Waals surface area contributed by atoms with Crippen LogP contribution in [0.2, 0.25) is 0 Å². The van der Waals surface area contributed by atoms with Crippen molar-refractivity contribution >= 4 is 16.7 Å². The van der Waals surface area contributed by atoms with Crippen molar-refractivity contribution in [1.82, 2.24) is 29.1 Å². The van der Waals surface area contributed by atoms with Crippen LogP contribution in [0.4, 0.5) is 0 Å². The molecule has 4 heterocycles. The first-order valence-electron chi connectivity index (χ1n) is 9.38. The van der Waals surface area contributed by atoms with E-state index in [1.165, 1.54) is 0 Å². The van der Waals surface area contributed by atoms with E-state index in [0.717, 1.165) is 50.6 Å². The van der Waals surface area contributed by atoms with Crippen LogP contribution in [0.25, 0.3) is 33.9 Å². The molecule has 0 saturated carbocycles. The van der Waals surface area contributed by atoms with Gasteiger partial charge in [0, 0.05) is 17.5 Å². The van der Waals surface area contributed by atoms with Crippen LogP contribution in [0.3, 0.4) is 0 Å². The van der Waals surface area contributed by atoms with Crippen molar-refractivity contribution in [3.8, 4) is 23.0 Å². The van der Waals surface area contributed by atoms with Crippen molar-refractivity contribution in [2.24, 2.45) is 0 Å². The number of pyridine rings is 1. The molecule has 0 bridgehead atoms. The van der Waals surface area contributed by atoms with Crippen LogP contribution < -0.4 is 4.74 Å². The lowest BCUT2D eigenvalue weighted by Crippen LogP contribution is -2.03. The molecule has 144 valence electrons. The van der Waals surface area contributed by atoms with Crippen LogP contribution in [-0.2, 0) is 0 Å². The minimum Gasteiger partial charge on any atom is -0.497 e. The van der Waals surface area contributed by atoms with Gasteiger partial charge >= 0.3 is 0 Å². The quantitative estimate of drug-likeness (QED) is 0.469. The summed E-state index contributed by atoms with van der Waals surface area (Å²) in [6, 6.07) is 11.7. The Morgan fingerprint density at radius 2 is 1.72 bits per heavy atom. The van der Waals surface area contributed by atoms with Gasteiger partial charge in [0.2, 0.25) is 0 Å². The molecular weight excluding hydrogens is 364 g/mol. The zero-order chi connectivity index (χ0) is 20.1. The molecule has 0 aliphatic rings. The second kappa shape index (κ2) is 6.41. The average Bonchev–Trinajstić information content (AvgIpc) is 3.28. The number of benzene rings is 1. The zero-order valence-electron chi connectivity index (χ0n) is 16.7. The molecule has 0 fully saturated rings. The number of hydrogen-bond donors (Lipinski definition) is 0. The van der Waals surface area contributed by atoms with E-state index in [2.05, 4.69) is 41.5 Å². The summed E-state index contributed by atoms with van der Waals surface area (Å²) in [5.74, 6) is 2.34. The largest absolute Gasteiger partial charge is 0.497 e. The summed E-state index contributed by atoms with van der Waals surface area (Å²) >= 11 is 0. The second-order valence-corrected chi connectivity index (χ2v) is 7.06. The Kier molecular flexibility index (Phi) is 3.84. The SMILES string of the molecule is COc1ccc(-c2nc3c4c(C)c(C)n(-c5ncccc5C)c4ncn3n2)cc1. The minimum absolute atomic E-state index is 0.653. The van der Waals surface area contributed by atoms with Crippen molar-refractivity contribution < 1.29 is 4.74 Å². The Morgan fingerprint density at radius 1 is 0.931 bits per heavy atom. The predicted octanol–water partition coefficient (Wildman–Crippen LogP) is 4.06. The molecule has 0 amide bonds. The third kappa shape index (κ3) is 2.58. The van der Waals surface area contributed by atoms with Gasteiger partial charge in [-0.25, -0.2) is 19.5 Å². The summed E-state index contributed by atoms with van der Waals surface area (Å²) in [4.78, 5) is 14.1. The lowest BCUT2D eigenvalue weighted by atomic mass is 10.2. The summed E-state index contributed by atoms with van der Waals surface area (Å²) in [7, 11) is 1.65. The van der Waals surface area contributed by atoms with Crippen molar-refractivity contribution in [2.45, 2.75) is 20.8 Å². The Hall–Kier alpha value is -3.74. The maximum Gasteiger partial charge on any atom is 0.182 e. The summed E-state index contributed by atoms with van der Waals surface area (Å²) in [6.45, 7) is 6.23. The van der Waals surface area contributed by atoms with Crippen molar-refractivity contribution in [2.75, 3.05) is 7.11 Å². The van der Waals surface area contributed by atoms with Gasteiger partial charge in [-0.05, 0) is 62.2 Å². The maximum absolute atomic E-state index is 5.24. The summed E-state index contributed by atoms with van der Waals surface area (Å²) in [5, 5.41) is 5.62. The molecule has 0 unspecified atom stereocenters. The highest BCUT2D eigenvalue weighted by Gasteiger charge is 2.20. The second-order valence-electron chi connectivity index (χ2n) is 7.06. The van der Waals surface area contributed by atoms with Crippen molar-refractivity contribution in [1.29, 1.82) is 0 Å². The third-order valence-electron chi connectivity index (χ3n) is 5.37. The first-order chi connectivity index (χ1) is 14.1. The molecule has 0 spiro atoms. The molecule has 0 radical (unpaired) electrons. The average molecular weight is 384 g/mol. The zero-order valence-corrected chi connectivity index (χ0v) is 16.7. The lowest BCUT2D eigenvalue weighted by molar-refractivity contribution is 0.415. The fourth-order valence-corrected chi connectivity index (χ4v) is 3.69. The molecule has 5 aromatic rings. The highest BCUT2D eigenvalue weighted by atomic mass is 16.5. The lowest BCUT2D eigenvalue weighted by Gasteiger charge is -2.09. The number of nitrogens with zero attached hydrogens (tertiary/aromatic N) is 6. The first-order valence-corrected chi connectivity index (χ1v) is 9.38. The number of fused-ring (bicyclic) bond motifs is 3. The number of hydrogen-bond acceptors (Lipinski definition) is 5. The van der Waals surface area contributed by atoms with Crippen LogP contribution >= 0.6 is 0 Å². The summed E-state index contributed by atoms with van der Waals surface area (Å²) in [6.07, 6.45) is 3.52. The Labute approximate surface area is 167 Å². The first kappa shape index (κ1) is 17.4. The molecule has 0 atom stereocenters. The molecular formula is C22H20N6O. The molecule has 0 N–H and O–H groups in total. The normalized spacial score (nSPS) is 11.4. The van der Waals surface area contributed by atoms with Gasteiger partial charge in [-0.2, -0.15) is 0 Å². The van der Waals surface area contributed by atoms with Crippen LogP contribution in [-0.4, -0.2) is 36.2 Å². The molecule has 0 aliphatic heterocycles. The predicted molar refractivity (Wildman–Crippen MR) is 112 cm³/mol. The highest BCUT2D eigenvalue weighted by molar-refractivity contribution is 5.95. The Balaban J connectivity index is 1.76. The smallest absolute Gasteiger partial charge is 0.182 e. The molecule has 29 heavy (non-hydrogen) atoms. The van der Waals surface area contributed by atoms with E-state index in [1.807, 2.05) is 30.3 Å². The van der Waals surface area contributed by atoms with Crippen LogP contribution in [0, 0.1) is 20.8 Å². The Bertz CT molecular complexity index is 1360. The number of aromatic nitrogens is 6. The van der Waals surface area contributed by atoms with Crippen LogP contribution in [0.5, 0.6) is 5.75 Å². The van der Waals surface area contributed by atoms with E-state index < -0.39 is 0 Å². The van der Waals surface area contributed by atoms with E-state index in [-0.39, 0.29) is 0 Å². The number of aryl methyl sites for hydroxylation is 2. The molecule has 5 rings (SSSR count). The third-order valence-corrected chi connectivity index (χ3v) is 5.37. The van der Waals surface area contributed by atoms with E-state index in [4.69, 9.17) is 14.7 Å². The molecule has 4 aromatic heterocycles. The monoisotopic (exact) mass is 384 g/mol. The van der Waals surface area contributed by atoms with E-state index in [0.29, 0.717) is 5.82 Å². The standard InChI is InChI=1S/C22H20N6O/c1-13-6-5-11-23-20(13)28-15(3)14(2)18-21(28)24-12-27-22(18)25-19(26-27)16-7-9-17(29-4)10-8-16/h5-12H,1-4H3. The van der Waals surface area contributed by atoms with Crippen LogP contribution in [0.15, 0.2) is 48.9 Å². The van der Waals surface area contributed by atoms with Gasteiger partial charge < -0.3 is 4.74 Å².